The maximum atomic E-state index is 11.8. The van der Waals surface area contributed by atoms with Crippen molar-refractivity contribution in [2.24, 2.45) is 0 Å². The van der Waals surface area contributed by atoms with E-state index in [4.69, 9.17) is 4.74 Å². The molecule has 3 aromatic rings. The van der Waals surface area contributed by atoms with E-state index in [-0.39, 0.29) is 5.97 Å². The van der Waals surface area contributed by atoms with E-state index >= 15 is 0 Å². The number of likely N-dealkylation sites (tertiary alicyclic amines) is 1. The molecule has 0 bridgehead atoms. The third-order valence-corrected chi connectivity index (χ3v) is 7.29. The zero-order valence-electron chi connectivity index (χ0n) is 18.1. The van der Waals surface area contributed by atoms with Crippen LogP contribution in [-0.4, -0.2) is 41.0 Å². The number of aromatic nitrogens is 2. The summed E-state index contributed by atoms with van der Waals surface area (Å²) >= 11 is 1.66. The molecule has 0 amide bonds. The van der Waals surface area contributed by atoms with Crippen molar-refractivity contribution in [1.29, 1.82) is 0 Å². The third-order valence-electron chi connectivity index (χ3n) is 6.22. The molecule has 0 spiro atoms. The average molecular weight is 447 g/mol. The molecule has 5 rings (SSSR count). The highest BCUT2D eigenvalue weighted by molar-refractivity contribution is 7.99. The molecule has 2 aliphatic heterocycles. The van der Waals surface area contributed by atoms with Crippen molar-refractivity contribution in [1.82, 2.24) is 14.9 Å². The van der Waals surface area contributed by atoms with Crippen LogP contribution in [0.15, 0.2) is 64.8 Å². The highest BCUT2D eigenvalue weighted by Gasteiger charge is 2.24. The number of hydrogen-bond acceptors (Lipinski definition) is 7. The second kappa shape index (κ2) is 9.30. The van der Waals surface area contributed by atoms with Crippen molar-refractivity contribution in [2.75, 3.05) is 25.5 Å². The number of carbonyl (C=O) groups is 1. The van der Waals surface area contributed by atoms with Crippen molar-refractivity contribution in [3.05, 3.63) is 71.5 Å². The summed E-state index contributed by atoms with van der Waals surface area (Å²) in [4.78, 5) is 24.3. The van der Waals surface area contributed by atoms with Crippen LogP contribution in [0.1, 0.15) is 35.4 Å². The van der Waals surface area contributed by atoms with Crippen molar-refractivity contribution in [3.8, 4) is 0 Å². The van der Waals surface area contributed by atoms with Gasteiger partial charge in [-0.1, -0.05) is 42.1 Å². The monoisotopic (exact) mass is 446 g/mol. The van der Waals surface area contributed by atoms with Gasteiger partial charge in [-0.05, 0) is 60.7 Å². The number of nitrogens with zero attached hydrogens (tertiary/aromatic N) is 3. The minimum absolute atomic E-state index is 0.178. The number of methoxy groups -OCH3 is 1. The van der Waals surface area contributed by atoms with Crippen molar-refractivity contribution < 1.29 is 9.53 Å². The van der Waals surface area contributed by atoms with E-state index in [1.165, 1.54) is 23.1 Å². The molecule has 6 nitrogen and oxygen atoms in total. The Bertz CT molecular complexity index is 1130. The van der Waals surface area contributed by atoms with E-state index in [9.17, 15) is 4.79 Å². The molecular formula is C25H26N4O2S. The summed E-state index contributed by atoms with van der Waals surface area (Å²) in [6, 6.07) is 14.9. The third kappa shape index (κ3) is 4.49. The molecule has 1 aromatic heterocycles. The van der Waals surface area contributed by atoms with Crippen molar-refractivity contribution in [2.45, 2.75) is 41.6 Å². The number of benzene rings is 2. The molecule has 0 saturated carbocycles. The van der Waals surface area contributed by atoms with Crippen molar-refractivity contribution >= 4 is 29.2 Å². The van der Waals surface area contributed by atoms with Crippen LogP contribution >= 0.6 is 11.8 Å². The molecule has 164 valence electrons. The quantitative estimate of drug-likeness (QED) is 0.443. The van der Waals surface area contributed by atoms with Gasteiger partial charge in [0.1, 0.15) is 5.03 Å². The number of ether oxygens (including phenoxy) is 1. The molecule has 7 heteroatoms. The van der Waals surface area contributed by atoms with Crippen LogP contribution in [0.3, 0.4) is 0 Å². The fourth-order valence-corrected chi connectivity index (χ4v) is 5.44. The first kappa shape index (κ1) is 21.0. The number of nitrogens with one attached hydrogen (secondary N) is 1. The van der Waals surface area contributed by atoms with Crippen LogP contribution in [0.2, 0.25) is 0 Å². The maximum absolute atomic E-state index is 11.8. The minimum Gasteiger partial charge on any atom is -0.469 e. The van der Waals surface area contributed by atoms with Crippen LogP contribution < -0.4 is 5.32 Å². The van der Waals surface area contributed by atoms with Gasteiger partial charge in [-0.15, -0.1) is 0 Å². The van der Waals surface area contributed by atoms with Gasteiger partial charge < -0.3 is 10.1 Å². The van der Waals surface area contributed by atoms with Crippen LogP contribution in [0.25, 0.3) is 0 Å². The summed E-state index contributed by atoms with van der Waals surface area (Å²) in [5.41, 5.74) is 4.80. The first-order valence-electron chi connectivity index (χ1n) is 11.0. The predicted octanol–water partition coefficient (Wildman–Crippen LogP) is 4.78. The summed E-state index contributed by atoms with van der Waals surface area (Å²) in [6.45, 7) is 3.03. The van der Waals surface area contributed by atoms with Gasteiger partial charge in [-0.3, -0.25) is 9.69 Å². The number of rotatable bonds is 5. The molecule has 1 saturated heterocycles. The molecule has 0 aliphatic carbocycles. The Labute approximate surface area is 192 Å². The highest BCUT2D eigenvalue weighted by atomic mass is 32.2. The maximum Gasteiger partial charge on any atom is 0.309 e. The normalized spacial score (nSPS) is 16.0. The fraction of sp³-hybridized carbons (Fsp3) is 0.320. The minimum atomic E-state index is -0.178. The Hall–Kier alpha value is -2.90. The van der Waals surface area contributed by atoms with E-state index in [0.717, 1.165) is 54.6 Å². The van der Waals surface area contributed by atoms with Gasteiger partial charge in [-0.2, -0.15) is 0 Å². The van der Waals surface area contributed by atoms with Gasteiger partial charge >= 0.3 is 5.97 Å². The van der Waals surface area contributed by atoms with E-state index in [2.05, 4.69) is 56.6 Å². The molecule has 0 radical (unpaired) electrons. The molecule has 3 heterocycles. The average Bonchev–Trinajstić information content (AvgIpc) is 2.83. The van der Waals surface area contributed by atoms with Crippen LogP contribution in [0, 0.1) is 0 Å². The summed E-state index contributed by atoms with van der Waals surface area (Å²) in [7, 11) is 1.45. The van der Waals surface area contributed by atoms with Gasteiger partial charge in [-0.25, -0.2) is 9.97 Å². The number of esters is 1. The largest absolute Gasteiger partial charge is 0.469 e. The van der Waals surface area contributed by atoms with Gasteiger partial charge in [0.25, 0.3) is 0 Å². The van der Waals surface area contributed by atoms with Crippen LogP contribution in [0.4, 0.5) is 11.5 Å². The number of hydrogen-bond donors (Lipinski definition) is 1. The molecule has 1 fully saturated rings. The lowest BCUT2D eigenvalue weighted by Gasteiger charge is -2.33. The highest BCUT2D eigenvalue weighted by Crippen LogP contribution is 2.42. The standard InChI is InChI=1S/C25H26N4O2S/c1-31-23(30)15-19-4-2-3-5-20(19)18-8-12-29(13-9-18)16-17-6-7-22-21(14-17)28-24-25(32-22)27-11-10-26-24/h2-7,10-11,14,18H,8-9,12-13,15-16H2,1H3,(H,26,28). The number of piperidine rings is 1. The first-order chi connectivity index (χ1) is 15.7. The van der Waals surface area contributed by atoms with Crippen LogP contribution in [0.5, 0.6) is 0 Å². The summed E-state index contributed by atoms with van der Waals surface area (Å²) in [5, 5.41) is 4.34. The number of anilines is 2. The molecule has 1 N–H and O–H groups in total. The Morgan fingerprint density at radius 1 is 1.16 bits per heavy atom. The summed E-state index contributed by atoms with van der Waals surface area (Å²) < 4.78 is 4.88. The second-order valence-electron chi connectivity index (χ2n) is 8.27. The van der Waals surface area contributed by atoms with Gasteiger partial charge in [0.15, 0.2) is 5.82 Å². The number of carbonyl (C=O) groups excluding carboxylic acids is 1. The molecular weight excluding hydrogens is 420 g/mol. The Morgan fingerprint density at radius 3 is 2.81 bits per heavy atom. The van der Waals surface area contributed by atoms with E-state index < -0.39 is 0 Å². The Kier molecular flexibility index (Phi) is 6.10. The van der Waals surface area contributed by atoms with Crippen LogP contribution in [-0.2, 0) is 22.5 Å². The first-order valence-corrected chi connectivity index (χ1v) is 11.8. The smallest absolute Gasteiger partial charge is 0.309 e. The Morgan fingerprint density at radius 2 is 1.97 bits per heavy atom. The molecule has 2 aromatic carbocycles. The van der Waals surface area contributed by atoms with Crippen molar-refractivity contribution in [3.63, 3.8) is 0 Å². The number of fused-ring (bicyclic) bond motifs is 2. The zero-order chi connectivity index (χ0) is 21.9. The molecule has 0 atom stereocenters. The van der Waals surface area contributed by atoms with Gasteiger partial charge in [0, 0.05) is 23.8 Å². The Balaban J connectivity index is 1.22. The predicted molar refractivity (Wildman–Crippen MR) is 125 cm³/mol. The zero-order valence-corrected chi connectivity index (χ0v) is 18.9. The molecule has 2 aliphatic rings. The van der Waals surface area contributed by atoms with Gasteiger partial charge in [0.05, 0.1) is 19.2 Å². The lowest BCUT2D eigenvalue weighted by molar-refractivity contribution is -0.139. The fourth-order valence-electron chi connectivity index (χ4n) is 4.56. The van der Waals surface area contributed by atoms with Gasteiger partial charge in [0.2, 0.25) is 0 Å². The lowest BCUT2D eigenvalue weighted by Crippen LogP contribution is -2.32. The topological polar surface area (TPSA) is 67.3 Å². The summed E-state index contributed by atoms with van der Waals surface area (Å²) in [5.74, 6) is 1.14. The van der Waals surface area contributed by atoms with E-state index in [1.807, 2.05) is 6.07 Å². The summed E-state index contributed by atoms with van der Waals surface area (Å²) in [6.07, 6.45) is 5.99. The molecule has 32 heavy (non-hydrogen) atoms. The SMILES string of the molecule is COC(=O)Cc1ccccc1C1CCN(Cc2ccc3c(c2)Nc2nccnc2S3)CC1. The second-order valence-corrected chi connectivity index (χ2v) is 9.30. The van der Waals surface area contributed by atoms with E-state index in [0.29, 0.717) is 12.3 Å². The van der Waals surface area contributed by atoms with E-state index in [1.54, 1.807) is 24.2 Å². The lowest BCUT2D eigenvalue weighted by atomic mass is 9.85. The molecule has 0 unspecified atom stereocenters.